The SMILES string of the molecule is C#CCCCNc1nccc(C#N)n1. The lowest BCUT2D eigenvalue weighted by Crippen LogP contribution is -2.05. The third kappa shape index (κ3) is 3.12. The molecule has 0 radical (unpaired) electrons. The van der Waals surface area contributed by atoms with E-state index in [-0.39, 0.29) is 0 Å². The van der Waals surface area contributed by atoms with E-state index in [4.69, 9.17) is 11.7 Å². The molecule has 0 aliphatic rings. The van der Waals surface area contributed by atoms with Crippen LogP contribution in [-0.2, 0) is 0 Å². The highest BCUT2D eigenvalue weighted by atomic mass is 15.1. The molecule has 0 amide bonds. The Balaban J connectivity index is 2.44. The van der Waals surface area contributed by atoms with E-state index in [0.29, 0.717) is 11.6 Å². The number of nitrogens with one attached hydrogen (secondary N) is 1. The lowest BCUT2D eigenvalue weighted by atomic mass is 10.3. The third-order valence-electron chi connectivity index (χ3n) is 1.55. The first-order valence-electron chi connectivity index (χ1n) is 4.27. The van der Waals surface area contributed by atoms with Gasteiger partial charge in [0.15, 0.2) is 0 Å². The van der Waals surface area contributed by atoms with E-state index >= 15 is 0 Å². The van der Waals surface area contributed by atoms with Gasteiger partial charge in [-0.3, -0.25) is 0 Å². The highest BCUT2D eigenvalue weighted by molar-refractivity contribution is 5.29. The monoisotopic (exact) mass is 186 g/mol. The minimum absolute atomic E-state index is 0.361. The van der Waals surface area contributed by atoms with Crippen LogP contribution in [0.5, 0.6) is 0 Å². The van der Waals surface area contributed by atoms with Crippen molar-refractivity contribution in [1.82, 2.24) is 9.97 Å². The van der Waals surface area contributed by atoms with Crippen molar-refractivity contribution < 1.29 is 0 Å². The average Bonchev–Trinajstić information content (AvgIpc) is 2.25. The Morgan fingerprint density at radius 1 is 1.57 bits per heavy atom. The summed E-state index contributed by atoms with van der Waals surface area (Å²) in [5.74, 6) is 3.02. The van der Waals surface area contributed by atoms with E-state index in [1.54, 1.807) is 12.3 Å². The highest BCUT2D eigenvalue weighted by Gasteiger charge is 1.96. The number of nitriles is 1. The molecular formula is C10H10N4. The summed E-state index contributed by atoms with van der Waals surface area (Å²) in [5.41, 5.74) is 0.361. The summed E-state index contributed by atoms with van der Waals surface area (Å²) >= 11 is 0. The summed E-state index contributed by atoms with van der Waals surface area (Å²) in [4.78, 5) is 7.91. The molecule has 0 bridgehead atoms. The summed E-state index contributed by atoms with van der Waals surface area (Å²) in [6, 6.07) is 3.51. The second kappa shape index (κ2) is 5.55. The smallest absolute Gasteiger partial charge is 0.223 e. The van der Waals surface area contributed by atoms with Crippen molar-refractivity contribution in [2.75, 3.05) is 11.9 Å². The molecule has 0 fully saturated rings. The van der Waals surface area contributed by atoms with E-state index in [1.165, 1.54) is 0 Å². The number of terminal acetylenes is 1. The van der Waals surface area contributed by atoms with Gasteiger partial charge in [-0.1, -0.05) is 0 Å². The number of rotatable bonds is 4. The van der Waals surface area contributed by atoms with E-state index in [0.717, 1.165) is 19.4 Å². The summed E-state index contributed by atoms with van der Waals surface area (Å²) in [7, 11) is 0. The number of hydrogen-bond donors (Lipinski definition) is 1. The van der Waals surface area contributed by atoms with Crippen LogP contribution in [0.25, 0.3) is 0 Å². The van der Waals surface area contributed by atoms with Crippen LogP contribution in [0.2, 0.25) is 0 Å². The molecule has 1 heterocycles. The Hall–Kier alpha value is -2.07. The van der Waals surface area contributed by atoms with E-state index in [2.05, 4.69) is 21.2 Å². The zero-order valence-corrected chi connectivity index (χ0v) is 7.70. The lowest BCUT2D eigenvalue weighted by Gasteiger charge is -2.01. The number of hydrogen-bond acceptors (Lipinski definition) is 4. The first-order chi connectivity index (χ1) is 6.86. The van der Waals surface area contributed by atoms with Gasteiger partial charge in [-0.15, -0.1) is 12.3 Å². The van der Waals surface area contributed by atoms with Crippen molar-refractivity contribution in [2.24, 2.45) is 0 Å². The number of nitrogens with zero attached hydrogens (tertiary/aromatic N) is 3. The molecule has 0 aromatic carbocycles. The topological polar surface area (TPSA) is 61.6 Å². The number of unbranched alkanes of at least 4 members (excludes halogenated alkanes) is 1. The van der Waals surface area contributed by atoms with Gasteiger partial charge in [0.2, 0.25) is 5.95 Å². The second-order valence-corrected chi connectivity index (χ2v) is 2.61. The zero-order chi connectivity index (χ0) is 10.2. The molecular weight excluding hydrogens is 176 g/mol. The normalized spacial score (nSPS) is 8.71. The summed E-state index contributed by atoms with van der Waals surface area (Å²) in [5, 5.41) is 11.6. The van der Waals surface area contributed by atoms with Crippen molar-refractivity contribution in [3.05, 3.63) is 18.0 Å². The number of anilines is 1. The molecule has 70 valence electrons. The molecule has 14 heavy (non-hydrogen) atoms. The van der Waals surface area contributed by atoms with Crippen molar-refractivity contribution >= 4 is 5.95 Å². The minimum atomic E-state index is 0.361. The summed E-state index contributed by atoms with van der Waals surface area (Å²) in [6.45, 7) is 0.721. The van der Waals surface area contributed by atoms with Gasteiger partial charge in [-0.05, 0) is 12.5 Å². The van der Waals surface area contributed by atoms with Gasteiger partial charge in [0.05, 0.1) is 0 Å². The first-order valence-corrected chi connectivity index (χ1v) is 4.27. The van der Waals surface area contributed by atoms with Gasteiger partial charge in [0.1, 0.15) is 11.8 Å². The van der Waals surface area contributed by atoms with Gasteiger partial charge in [-0.25, -0.2) is 9.97 Å². The quantitative estimate of drug-likeness (QED) is 0.566. The molecule has 0 aliphatic heterocycles. The van der Waals surface area contributed by atoms with Crippen molar-refractivity contribution in [3.8, 4) is 18.4 Å². The Kier molecular flexibility index (Phi) is 3.97. The fourth-order valence-corrected chi connectivity index (χ4v) is 0.897. The predicted molar refractivity (Wildman–Crippen MR) is 53.3 cm³/mol. The van der Waals surface area contributed by atoms with Crippen LogP contribution < -0.4 is 5.32 Å². The highest BCUT2D eigenvalue weighted by Crippen LogP contribution is 1.99. The molecule has 1 rings (SSSR count). The van der Waals surface area contributed by atoms with Crippen LogP contribution in [0.1, 0.15) is 18.5 Å². The van der Waals surface area contributed by atoms with Crippen LogP contribution >= 0.6 is 0 Å². The molecule has 1 N–H and O–H groups in total. The molecule has 0 saturated carbocycles. The Morgan fingerprint density at radius 2 is 2.43 bits per heavy atom. The molecule has 1 aromatic rings. The lowest BCUT2D eigenvalue weighted by molar-refractivity contribution is 0.891. The standard InChI is InChI=1S/C10H10N4/c1-2-3-4-6-12-10-13-7-5-9(8-11)14-10/h1,5,7H,3-4,6H2,(H,12,13,14). The Morgan fingerprint density at radius 3 is 3.14 bits per heavy atom. The first kappa shape index (κ1) is 10.0. The maximum atomic E-state index is 8.58. The van der Waals surface area contributed by atoms with Crippen LogP contribution in [0, 0.1) is 23.7 Å². The fourth-order valence-electron chi connectivity index (χ4n) is 0.897. The Labute approximate surface area is 83.0 Å². The molecule has 0 aliphatic carbocycles. The maximum absolute atomic E-state index is 8.58. The molecule has 4 heteroatoms. The summed E-state index contributed by atoms with van der Waals surface area (Å²) in [6.07, 6.45) is 8.25. The van der Waals surface area contributed by atoms with Crippen LogP contribution in [0.4, 0.5) is 5.95 Å². The molecule has 4 nitrogen and oxygen atoms in total. The van der Waals surface area contributed by atoms with Crippen molar-refractivity contribution in [2.45, 2.75) is 12.8 Å². The van der Waals surface area contributed by atoms with Crippen LogP contribution in [0.3, 0.4) is 0 Å². The molecule has 0 atom stereocenters. The zero-order valence-electron chi connectivity index (χ0n) is 7.70. The maximum Gasteiger partial charge on any atom is 0.223 e. The van der Waals surface area contributed by atoms with E-state index in [1.807, 2.05) is 6.07 Å². The summed E-state index contributed by atoms with van der Waals surface area (Å²) < 4.78 is 0. The van der Waals surface area contributed by atoms with Gasteiger partial charge in [-0.2, -0.15) is 5.26 Å². The average molecular weight is 186 g/mol. The molecule has 0 saturated heterocycles. The largest absolute Gasteiger partial charge is 0.354 e. The van der Waals surface area contributed by atoms with Crippen LogP contribution in [0.15, 0.2) is 12.3 Å². The number of aromatic nitrogens is 2. The Bertz CT molecular complexity index is 372. The van der Waals surface area contributed by atoms with Crippen molar-refractivity contribution in [1.29, 1.82) is 5.26 Å². The third-order valence-corrected chi connectivity index (χ3v) is 1.55. The van der Waals surface area contributed by atoms with Gasteiger partial charge in [0.25, 0.3) is 0 Å². The molecule has 1 aromatic heterocycles. The minimum Gasteiger partial charge on any atom is -0.354 e. The fraction of sp³-hybridized carbons (Fsp3) is 0.300. The van der Waals surface area contributed by atoms with Crippen LogP contribution in [-0.4, -0.2) is 16.5 Å². The molecule has 0 unspecified atom stereocenters. The van der Waals surface area contributed by atoms with E-state index < -0.39 is 0 Å². The predicted octanol–water partition coefficient (Wildman–Crippen LogP) is 1.17. The van der Waals surface area contributed by atoms with E-state index in [9.17, 15) is 0 Å². The van der Waals surface area contributed by atoms with Crippen molar-refractivity contribution in [3.63, 3.8) is 0 Å². The van der Waals surface area contributed by atoms with Gasteiger partial charge < -0.3 is 5.32 Å². The second-order valence-electron chi connectivity index (χ2n) is 2.61. The molecule has 0 spiro atoms. The van der Waals surface area contributed by atoms with Gasteiger partial charge in [0, 0.05) is 19.2 Å². The van der Waals surface area contributed by atoms with Gasteiger partial charge >= 0.3 is 0 Å².